The van der Waals surface area contributed by atoms with Crippen molar-refractivity contribution in [2.24, 2.45) is 0 Å². The molecule has 1 N–H and O–H groups in total. The van der Waals surface area contributed by atoms with E-state index in [1.54, 1.807) is 12.1 Å². The summed E-state index contributed by atoms with van der Waals surface area (Å²) >= 11 is 17.3. The second kappa shape index (κ2) is 8.22. The summed E-state index contributed by atoms with van der Waals surface area (Å²) in [5.41, 5.74) is 2.79. The maximum atomic E-state index is 12.8. The van der Waals surface area contributed by atoms with E-state index in [2.05, 4.69) is 9.88 Å². The largest absolute Gasteiger partial charge is 0.342 e. The molecule has 0 unspecified atom stereocenters. The van der Waals surface area contributed by atoms with Crippen LogP contribution in [0.3, 0.4) is 0 Å². The summed E-state index contributed by atoms with van der Waals surface area (Å²) in [5.74, 6) is -0.886. The van der Waals surface area contributed by atoms with Crippen LogP contribution in [-0.2, 0) is 16.1 Å². The quantitative estimate of drug-likeness (QED) is 0.352. The number of carbonyl (C=O) groups is 2. The monoisotopic (exact) mass is 457 g/mol. The Labute approximate surface area is 188 Å². The number of fused-ring (bicyclic) bond motifs is 1. The number of amides is 2. The van der Waals surface area contributed by atoms with E-state index in [-0.39, 0.29) is 10.7 Å². The van der Waals surface area contributed by atoms with Crippen molar-refractivity contribution < 1.29 is 9.59 Å². The van der Waals surface area contributed by atoms with Gasteiger partial charge < -0.3 is 4.57 Å². The average molecular weight is 458 g/mol. The molecular formula is C22H17Cl2N3O2S. The molecule has 2 aromatic carbocycles. The first kappa shape index (κ1) is 20.6. The molecule has 1 saturated heterocycles. The van der Waals surface area contributed by atoms with Crippen LogP contribution in [0, 0.1) is 0 Å². The van der Waals surface area contributed by atoms with Crippen LogP contribution in [0.4, 0.5) is 0 Å². The van der Waals surface area contributed by atoms with Crippen LogP contribution < -0.4 is 5.32 Å². The number of thiocarbonyl (C=S) groups is 1. The van der Waals surface area contributed by atoms with E-state index in [0.717, 1.165) is 22.0 Å². The first-order valence-corrected chi connectivity index (χ1v) is 10.5. The minimum Gasteiger partial charge on any atom is -0.342 e. The van der Waals surface area contributed by atoms with Gasteiger partial charge in [-0.2, -0.15) is 0 Å². The Balaban J connectivity index is 1.78. The smallest absolute Gasteiger partial charge is 0.265 e. The van der Waals surface area contributed by atoms with Crippen LogP contribution in [0.2, 0.25) is 10.0 Å². The Morgan fingerprint density at radius 3 is 2.60 bits per heavy atom. The number of aromatic nitrogens is 1. The zero-order valence-corrected chi connectivity index (χ0v) is 18.3. The third kappa shape index (κ3) is 3.74. The molecule has 152 valence electrons. The van der Waals surface area contributed by atoms with E-state index in [1.807, 2.05) is 49.5 Å². The predicted octanol–water partition coefficient (Wildman–Crippen LogP) is 4.64. The maximum absolute atomic E-state index is 12.8. The van der Waals surface area contributed by atoms with Gasteiger partial charge in [-0.15, -0.1) is 0 Å². The van der Waals surface area contributed by atoms with Gasteiger partial charge in [-0.05, 0) is 49.0 Å². The number of benzene rings is 2. The summed E-state index contributed by atoms with van der Waals surface area (Å²) in [6.07, 6.45) is 3.54. The molecular weight excluding hydrogens is 441 g/mol. The normalized spacial score (nSPS) is 15.9. The third-order valence-corrected chi connectivity index (χ3v) is 6.02. The number of hydrogen-bond acceptors (Lipinski definition) is 3. The van der Waals surface area contributed by atoms with Crippen LogP contribution in [0.15, 0.2) is 54.2 Å². The third-order valence-electron chi connectivity index (χ3n) is 4.96. The molecule has 2 heterocycles. The summed E-state index contributed by atoms with van der Waals surface area (Å²) in [4.78, 5) is 26.6. The highest BCUT2D eigenvalue weighted by Crippen LogP contribution is 2.27. The fourth-order valence-electron chi connectivity index (χ4n) is 3.49. The van der Waals surface area contributed by atoms with Gasteiger partial charge >= 0.3 is 0 Å². The lowest BCUT2D eigenvalue weighted by molar-refractivity contribution is -0.128. The molecule has 0 aliphatic carbocycles. The Kier molecular flexibility index (Phi) is 5.64. The molecule has 1 aromatic heterocycles. The van der Waals surface area contributed by atoms with Crippen molar-refractivity contribution in [1.82, 2.24) is 14.8 Å². The van der Waals surface area contributed by atoms with Crippen LogP contribution in [-0.4, -0.2) is 32.9 Å². The summed E-state index contributed by atoms with van der Waals surface area (Å²) < 4.78 is 2.05. The lowest BCUT2D eigenvalue weighted by Gasteiger charge is -2.27. The molecule has 1 fully saturated rings. The molecule has 5 nitrogen and oxygen atoms in total. The van der Waals surface area contributed by atoms with Crippen molar-refractivity contribution in [3.05, 3.63) is 75.4 Å². The summed E-state index contributed by atoms with van der Waals surface area (Å²) in [6, 6.07) is 13.3. The molecule has 3 aromatic rings. The topological polar surface area (TPSA) is 54.3 Å². The van der Waals surface area contributed by atoms with Crippen molar-refractivity contribution in [2.45, 2.75) is 13.5 Å². The SMILES string of the molecule is CCN1C(=O)/C(=C/c2cn(Cc3ccc(Cl)c(Cl)c3)c3ccccc23)C(=O)NC1=S. The lowest BCUT2D eigenvalue weighted by Crippen LogP contribution is -2.53. The first-order chi connectivity index (χ1) is 14.4. The van der Waals surface area contributed by atoms with Gasteiger partial charge in [0.15, 0.2) is 5.11 Å². The standard InChI is InChI=1S/C22H17Cl2N3O2S/c1-2-27-21(29)16(20(28)25-22(27)30)10-14-12-26(19-6-4-3-5-15(14)19)11-13-7-8-17(23)18(24)9-13/h3-10,12H,2,11H2,1H3,(H,25,28,30)/b16-10+. The molecule has 0 saturated carbocycles. The minimum absolute atomic E-state index is 0.0582. The van der Waals surface area contributed by atoms with Gasteiger partial charge in [0.05, 0.1) is 10.0 Å². The molecule has 8 heteroatoms. The lowest BCUT2D eigenvalue weighted by atomic mass is 10.1. The number of carbonyl (C=O) groups excluding carboxylic acids is 2. The van der Waals surface area contributed by atoms with Gasteiger partial charge in [0.2, 0.25) is 0 Å². The number of nitrogens with zero attached hydrogens (tertiary/aromatic N) is 2. The van der Waals surface area contributed by atoms with E-state index >= 15 is 0 Å². The summed E-state index contributed by atoms with van der Waals surface area (Å²) in [6.45, 7) is 2.75. The highest BCUT2D eigenvalue weighted by molar-refractivity contribution is 7.80. The number of para-hydroxylation sites is 1. The minimum atomic E-state index is -0.490. The van der Waals surface area contributed by atoms with Crippen LogP contribution in [0.25, 0.3) is 17.0 Å². The van der Waals surface area contributed by atoms with E-state index < -0.39 is 11.8 Å². The second-order valence-electron chi connectivity index (χ2n) is 6.84. The highest BCUT2D eigenvalue weighted by atomic mass is 35.5. The molecule has 1 aliphatic rings. The number of likely N-dealkylation sites (N-methyl/N-ethyl adjacent to an activating group) is 1. The van der Waals surface area contributed by atoms with Crippen molar-refractivity contribution >= 4 is 69.3 Å². The van der Waals surface area contributed by atoms with Gasteiger partial charge in [0, 0.05) is 35.8 Å². The number of nitrogens with one attached hydrogen (secondary N) is 1. The van der Waals surface area contributed by atoms with Crippen LogP contribution in [0.1, 0.15) is 18.1 Å². The molecule has 4 rings (SSSR count). The van der Waals surface area contributed by atoms with Gasteiger partial charge in [-0.25, -0.2) is 0 Å². The average Bonchev–Trinajstić information content (AvgIpc) is 3.06. The van der Waals surface area contributed by atoms with Gasteiger partial charge in [0.1, 0.15) is 5.57 Å². The van der Waals surface area contributed by atoms with Gasteiger partial charge in [0.25, 0.3) is 11.8 Å². The molecule has 0 radical (unpaired) electrons. The highest BCUT2D eigenvalue weighted by Gasteiger charge is 2.32. The molecule has 0 atom stereocenters. The van der Waals surface area contributed by atoms with Crippen molar-refractivity contribution in [3.63, 3.8) is 0 Å². The molecule has 0 bridgehead atoms. The van der Waals surface area contributed by atoms with Crippen molar-refractivity contribution in [1.29, 1.82) is 0 Å². The maximum Gasteiger partial charge on any atom is 0.265 e. The fourth-order valence-corrected chi connectivity index (χ4v) is 4.12. The van der Waals surface area contributed by atoms with Gasteiger partial charge in [-0.3, -0.25) is 19.8 Å². The van der Waals surface area contributed by atoms with Crippen molar-refractivity contribution in [2.75, 3.05) is 6.54 Å². The van der Waals surface area contributed by atoms with E-state index in [9.17, 15) is 9.59 Å². The number of rotatable bonds is 4. The van der Waals surface area contributed by atoms with Crippen LogP contribution >= 0.6 is 35.4 Å². The van der Waals surface area contributed by atoms with E-state index in [0.29, 0.717) is 23.1 Å². The van der Waals surface area contributed by atoms with Gasteiger partial charge in [-0.1, -0.05) is 47.5 Å². The molecule has 30 heavy (non-hydrogen) atoms. The Bertz CT molecular complexity index is 1230. The Hall–Kier alpha value is -2.67. The van der Waals surface area contributed by atoms with E-state index in [1.165, 1.54) is 4.90 Å². The summed E-state index contributed by atoms with van der Waals surface area (Å²) in [7, 11) is 0. The zero-order chi connectivity index (χ0) is 21.4. The second-order valence-corrected chi connectivity index (χ2v) is 8.05. The fraction of sp³-hybridized carbons (Fsp3) is 0.136. The van der Waals surface area contributed by atoms with E-state index in [4.69, 9.17) is 35.4 Å². The van der Waals surface area contributed by atoms with Crippen LogP contribution in [0.5, 0.6) is 0 Å². The molecule has 1 aliphatic heterocycles. The molecule has 0 spiro atoms. The first-order valence-electron chi connectivity index (χ1n) is 9.29. The number of hydrogen-bond donors (Lipinski definition) is 1. The van der Waals surface area contributed by atoms with Crippen molar-refractivity contribution in [3.8, 4) is 0 Å². The number of halogens is 2. The Morgan fingerprint density at radius 1 is 1.10 bits per heavy atom. The summed E-state index contributed by atoms with van der Waals surface area (Å²) in [5, 5.41) is 4.64. The molecule has 2 amide bonds. The Morgan fingerprint density at radius 2 is 1.87 bits per heavy atom. The predicted molar refractivity (Wildman–Crippen MR) is 124 cm³/mol. The zero-order valence-electron chi connectivity index (χ0n) is 16.0.